The van der Waals surface area contributed by atoms with E-state index >= 15 is 0 Å². The summed E-state index contributed by atoms with van der Waals surface area (Å²) in [5.74, 6) is 0.966. The zero-order valence-electron chi connectivity index (χ0n) is 24.1. The Hall–Kier alpha value is -3.68. The third-order valence-corrected chi connectivity index (χ3v) is 7.47. The number of aliphatic imine (C=N–C) groups is 1. The molecule has 40 heavy (non-hydrogen) atoms. The highest BCUT2D eigenvalue weighted by molar-refractivity contribution is 6.30. The number of piperazine rings is 1. The van der Waals surface area contributed by atoms with E-state index in [0.717, 1.165) is 41.4 Å². The minimum absolute atomic E-state index is 0.0459. The van der Waals surface area contributed by atoms with Crippen LogP contribution in [0.3, 0.4) is 0 Å². The number of aryl methyl sites for hydroxylation is 1. The number of rotatable bonds is 5. The number of hydrogen-bond acceptors (Lipinski definition) is 4. The minimum atomic E-state index is -0.0675. The fourth-order valence-corrected chi connectivity index (χ4v) is 5.47. The van der Waals surface area contributed by atoms with Gasteiger partial charge in [-0.1, -0.05) is 55.8 Å². The highest BCUT2D eigenvalue weighted by Crippen LogP contribution is 2.41. The van der Waals surface area contributed by atoms with E-state index in [1.807, 2.05) is 87.6 Å². The van der Waals surface area contributed by atoms with Crippen molar-refractivity contribution in [3.05, 3.63) is 100 Å². The van der Waals surface area contributed by atoms with Crippen molar-refractivity contribution in [2.24, 2.45) is 4.99 Å². The number of imidazole rings is 1. The first kappa shape index (κ1) is 29.3. The van der Waals surface area contributed by atoms with Crippen molar-refractivity contribution in [3.63, 3.8) is 0 Å². The summed E-state index contributed by atoms with van der Waals surface area (Å²) in [4.78, 5) is 26.5. The third-order valence-electron chi connectivity index (χ3n) is 7.23. The quantitative estimate of drug-likeness (QED) is 0.336. The molecular weight excluding hydrogens is 520 g/mol. The van der Waals surface area contributed by atoms with Crippen molar-refractivity contribution >= 4 is 35.1 Å². The normalized spacial score (nSPS) is 17.6. The van der Waals surface area contributed by atoms with Crippen LogP contribution in [0.5, 0.6) is 0 Å². The second-order valence-electron chi connectivity index (χ2n) is 9.68. The summed E-state index contributed by atoms with van der Waals surface area (Å²) in [7, 11) is 0. The number of allylic oxidation sites excluding steroid dienone is 3. The van der Waals surface area contributed by atoms with Gasteiger partial charge in [-0.2, -0.15) is 0 Å². The number of anilines is 1. The van der Waals surface area contributed by atoms with Gasteiger partial charge in [0.1, 0.15) is 5.82 Å². The van der Waals surface area contributed by atoms with Gasteiger partial charge in [-0.3, -0.25) is 9.89 Å². The summed E-state index contributed by atoms with van der Waals surface area (Å²) >= 11 is 6.54. The van der Waals surface area contributed by atoms with Crippen molar-refractivity contribution in [2.75, 3.05) is 31.5 Å². The summed E-state index contributed by atoms with van der Waals surface area (Å²) in [6, 6.07) is 15.6. The average molecular weight is 559 g/mol. The Balaban J connectivity index is 0.00000181. The van der Waals surface area contributed by atoms with Gasteiger partial charge in [-0.05, 0) is 67.3 Å². The Morgan fingerprint density at radius 1 is 1.10 bits per heavy atom. The lowest BCUT2D eigenvalue weighted by Gasteiger charge is -2.40. The number of benzene rings is 2. The number of amides is 2. The molecule has 3 aromatic rings. The summed E-state index contributed by atoms with van der Waals surface area (Å²) < 4.78 is 2.15. The molecule has 2 aromatic carbocycles. The number of carbonyl (C=O) groups is 1. The molecule has 5 rings (SSSR count). The lowest BCUT2D eigenvalue weighted by atomic mass is 9.93. The van der Waals surface area contributed by atoms with Gasteiger partial charge >= 0.3 is 6.03 Å². The molecule has 2 heterocycles. The van der Waals surface area contributed by atoms with Crippen LogP contribution in [-0.4, -0.2) is 57.8 Å². The van der Waals surface area contributed by atoms with Gasteiger partial charge in [0.25, 0.3) is 0 Å². The number of fused-ring (bicyclic) bond motifs is 1. The van der Waals surface area contributed by atoms with Gasteiger partial charge in [0.2, 0.25) is 0 Å². The molecule has 1 aliphatic heterocycles. The van der Waals surface area contributed by atoms with Crippen molar-refractivity contribution in [1.82, 2.24) is 19.4 Å². The van der Waals surface area contributed by atoms with Crippen LogP contribution in [0.25, 0.3) is 5.57 Å². The number of nitrogens with zero attached hydrogens (tertiary/aromatic N) is 5. The lowest BCUT2D eigenvalue weighted by molar-refractivity contribution is 0.124. The van der Waals surface area contributed by atoms with E-state index < -0.39 is 0 Å². The van der Waals surface area contributed by atoms with Gasteiger partial charge in [0.15, 0.2) is 0 Å². The molecule has 0 saturated carbocycles. The molecule has 8 heteroatoms. The molecule has 2 amide bonds. The van der Waals surface area contributed by atoms with E-state index in [1.54, 1.807) is 0 Å². The van der Waals surface area contributed by atoms with E-state index in [1.165, 1.54) is 11.1 Å². The van der Waals surface area contributed by atoms with E-state index in [-0.39, 0.29) is 12.1 Å². The zero-order chi connectivity index (χ0) is 28.6. The number of aromatic nitrogens is 2. The first-order valence-corrected chi connectivity index (χ1v) is 14.3. The third kappa shape index (κ3) is 6.54. The molecule has 1 unspecified atom stereocenters. The molecule has 0 spiro atoms. The molecule has 1 saturated heterocycles. The Labute approximate surface area is 242 Å². The van der Waals surface area contributed by atoms with Crippen molar-refractivity contribution < 1.29 is 4.79 Å². The Morgan fingerprint density at radius 2 is 1.82 bits per heavy atom. The number of carbonyl (C=O) groups excluding carboxylic acids is 1. The maximum Gasteiger partial charge on any atom is 0.321 e. The van der Waals surface area contributed by atoms with Crippen molar-refractivity contribution in [1.29, 1.82) is 0 Å². The van der Waals surface area contributed by atoms with Crippen LogP contribution >= 0.6 is 11.6 Å². The molecule has 7 nitrogen and oxygen atoms in total. The fraction of sp³-hybridized carbons (Fsp3) is 0.344. The van der Waals surface area contributed by atoms with E-state index in [4.69, 9.17) is 16.6 Å². The van der Waals surface area contributed by atoms with Crippen LogP contribution < -0.4 is 5.32 Å². The number of halogens is 1. The smallest absolute Gasteiger partial charge is 0.321 e. The van der Waals surface area contributed by atoms with E-state index in [2.05, 4.69) is 44.9 Å². The standard InChI is InChI=1S/C30H33ClN6O.C2H6/c1-4-32-28-21(2)18-23(20-37-13-12-33-22(37)3)27-19-24(31)10-11-26(27)29(28)35-14-16-36(17-15-35)30(38)34-25-8-6-5-7-9-25;1-2/h4-13,18-19,29H,14-17,20H2,1-3H3,(H,34,38);1-2H3. The number of urea groups is 1. The molecular formula is C32H39ClN6O. The highest BCUT2D eigenvalue weighted by atomic mass is 35.5. The summed E-state index contributed by atoms with van der Waals surface area (Å²) in [6.45, 7) is 13.5. The van der Waals surface area contributed by atoms with Gasteiger partial charge in [-0.15, -0.1) is 0 Å². The molecule has 1 N–H and O–H groups in total. The Kier molecular flexibility index (Phi) is 9.96. The summed E-state index contributed by atoms with van der Waals surface area (Å²) in [6.07, 6.45) is 7.94. The van der Waals surface area contributed by atoms with Gasteiger partial charge in [0.05, 0.1) is 11.7 Å². The largest absolute Gasteiger partial charge is 0.331 e. The van der Waals surface area contributed by atoms with Crippen LogP contribution in [0.1, 0.15) is 50.7 Å². The number of hydrogen-bond donors (Lipinski definition) is 1. The van der Waals surface area contributed by atoms with Crippen molar-refractivity contribution in [2.45, 2.75) is 47.2 Å². The maximum atomic E-state index is 12.9. The predicted molar refractivity (Wildman–Crippen MR) is 166 cm³/mol. The topological polar surface area (TPSA) is 65.8 Å². The number of nitrogens with one attached hydrogen (secondary N) is 1. The molecule has 1 atom stereocenters. The van der Waals surface area contributed by atoms with Crippen LogP contribution in [0.15, 0.2) is 83.3 Å². The Morgan fingerprint density at radius 3 is 2.48 bits per heavy atom. The number of para-hydroxylation sites is 1. The molecule has 1 aromatic heterocycles. The van der Waals surface area contributed by atoms with Crippen LogP contribution in [-0.2, 0) is 6.54 Å². The zero-order valence-corrected chi connectivity index (χ0v) is 24.8. The first-order valence-electron chi connectivity index (χ1n) is 14.0. The van der Waals surface area contributed by atoms with Crippen LogP contribution in [0.4, 0.5) is 10.5 Å². The average Bonchev–Trinajstić information content (AvgIpc) is 3.34. The lowest BCUT2D eigenvalue weighted by Crippen LogP contribution is -2.51. The van der Waals surface area contributed by atoms with Gasteiger partial charge in [0, 0.05) is 62.0 Å². The maximum absolute atomic E-state index is 12.9. The SMILES string of the molecule is CC.CC=NC1=C(C)C=C(Cn2ccnc2C)c2cc(Cl)ccc2C1N1CCN(C(=O)Nc2ccccc2)CC1. The molecule has 1 fully saturated rings. The Bertz CT molecular complexity index is 1400. The van der Waals surface area contributed by atoms with Crippen molar-refractivity contribution in [3.8, 4) is 0 Å². The predicted octanol–water partition coefficient (Wildman–Crippen LogP) is 7.22. The fourth-order valence-electron chi connectivity index (χ4n) is 5.29. The molecule has 2 aliphatic rings. The van der Waals surface area contributed by atoms with E-state index in [9.17, 15) is 4.79 Å². The van der Waals surface area contributed by atoms with Gasteiger partial charge in [-0.25, -0.2) is 9.78 Å². The van der Waals surface area contributed by atoms with Crippen LogP contribution in [0.2, 0.25) is 5.02 Å². The van der Waals surface area contributed by atoms with Crippen LogP contribution in [0, 0.1) is 6.92 Å². The van der Waals surface area contributed by atoms with E-state index in [0.29, 0.717) is 24.7 Å². The second kappa shape index (κ2) is 13.6. The monoisotopic (exact) mass is 558 g/mol. The first-order chi connectivity index (χ1) is 19.4. The minimum Gasteiger partial charge on any atom is -0.331 e. The molecule has 210 valence electrons. The molecule has 1 aliphatic carbocycles. The molecule has 0 radical (unpaired) electrons. The second-order valence-corrected chi connectivity index (χ2v) is 10.1. The van der Waals surface area contributed by atoms with Gasteiger partial charge < -0.3 is 14.8 Å². The molecule has 0 bridgehead atoms. The summed E-state index contributed by atoms with van der Waals surface area (Å²) in [5.41, 5.74) is 6.43. The highest BCUT2D eigenvalue weighted by Gasteiger charge is 2.33. The summed E-state index contributed by atoms with van der Waals surface area (Å²) in [5, 5.41) is 3.72.